The molecule has 0 spiro atoms. The summed E-state index contributed by atoms with van der Waals surface area (Å²) in [7, 11) is 4.31. The van der Waals surface area contributed by atoms with E-state index < -0.39 is 0 Å². The Morgan fingerprint density at radius 1 is 1.16 bits per heavy atom. The molecule has 2 aromatic rings. The van der Waals surface area contributed by atoms with E-state index in [2.05, 4.69) is 66.8 Å². The van der Waals surface area contributed by atoms with Crippen molar-refractivity contribution in [2.45, 2.75) is 12.5 Å². The van der Waals surface area contributed by atoms with Crippen LogP contribution in [0.5, 0.6) is 0 Å². The van der Waals surface area contributed by atoms with E-state index in [1.54, 1.807) is 0 Å². The Hall–Kier alpha value is -1.38. The van der Waals surface area contributed by atoms with Crippen LogP contribution in [0, 0.1) is 5.92 Å². The molecule has 1 aliphatic heterocycles. The Balaban J connectivity index is 2.07. The second-order valence-electron chi connectivity index (χ2n) is 5.60. The molecule has 0 amide bonds. The van der Waals surface area contributed by atoms with Crippen LogP contribution in [-0.2, 0) is 0 Å². The summed E-state index contributed by atoms with van der Waals surface area (Å²) < 4.78 is 0. The van der Waals surface area contributed by atoms with Crippen LogP contribution in [0.2, 0.25) is 0 Å². The average Bonchev–Trinajstić information content (AvgIpc) is 2.80. The van der Waals surface area contributed by atoms with Gasteiger partial charge in [-0.1, -0.05) is 42.5 Å². The fourth-order valence-electron chi connectivity index (χ4n) is 3.50. The van der Waals surface area contributed by atoms with Crippen LogP contribution in [-0.4, -0.2) is 32.1 Å². The minimum Gasteiger partial charge on any atom is -0.319 e. The van der Waals surface area contributed by atoms with Crippen LogP contribution in [0.3, 0.4) is 0 Å². The Morgan fingerprint density at radius 2 is 1.95 bits per heavy atom. The first kappa shape index (κ1) is 12.6. The fourth-order valence-corrected chi connectivity index (χ4v) is 3.50. The molecule has 0 aromatic heterocycles. The summed E-state index contributed by atoms with van der Waals surface area (Å²) in [5.41, 5.74) is 1.48. The molecule has 2 unspecified atom stereocenters. The lowest BCUT2D eigenvalue weighted by Gasteiger charge is -2.26. The zero-order valence-electron chi connectivity index (χ0n) is 11.8. The lowest BCUT2D eigenvalue weighted by Crippen LogP contribution is -2.26. The van der Waals surface area contributed by atoms with Gasteiger partial charge in [-0.2, -0.15) is 0 Å². The molecule has 1 aliphatic rings. The van der Waals surface area contributed by atoms with Gasteiger partial charge in [0.25, 0.3) is 0 Å². The molecular weight excluding hydrogens is 232 g/mol. The summed E-state index contributed by atoms with van der Waals surface area (Å²) in [4.78, 5) is 2.50. The summed E-state index contributed by atoms with van der Waals surface area (Å²) in [5.74, 6) is 0.709. The van der Waals surface area contributed by atoms with Gasteiger partial charge in [0.1, 0.15) is 0 Å². The quantitative estimate of drug-likeness (QED) is 0.905. The molecule has 0 bridgehead atoms. The molecule has 2 nitrogen and oxygen atoms in total. The third-order valence-corrected chi connectivity index (χ3v) is 4.38. The molecule has 0 radical (unpaired) electrons. The number of rotatable bonds is 3. The first-order valence-electron chi connectivity index (χ1n) is 7.14. The minimum atomic E-state index is 0.540. The molecule has 100 valence electrons. The van der Waals surface area contributed by atoms with Gasteiger partial charge >= 0.3 is 0 Å². The van der Waals surface area contributed by atoms with Crippen molar-refractivity contribution in [2.24, 2.45) is 5.92 Å². The van der Waals surface area contributed by atoms with Crippen LogP contribution < -0.4 is 5.32 Å². The number of hydrogen-bond acceptors (Lipinski definition) is 2. The van der Waals surface area contributed by atoms with Crippen LogP contribution in [0.15, 0.2) is 42.5 Å². The molecule has 0 saturated carbocycles. The number of nitrogens with one attached hydrogen (secondary N) is 1. The molecule has 1 N–H and O–H groups in total. The van der Waals surface area contributed by atoms with Gasteiger partial charge in [0, 0.05) is 6.04 Å². The average molecular weight is 254 g/mol. The first-order valence-corrected chi connectivity index (χ1v) is 7.14. The van der Waals surface area contributed by atoms with Crippen molar-refractivity contribution in [1.82, 2.24) is 10.2 Å². The Bertz CT molecular complexity index is 557. The predicted octanol–water partition coefficient (Wildman–Crippen LogP) is 3.05. The van der Waals surface area contributed by atoms with Gasteiger partial charge in [0.2, 0.25) is 0 Å². The van der Waals surface area contributed by atoms with Gasteiger partial charge in [-0.05, 0) is 55.9 Å². The number of fused-ring (bicyclic) bond motifs is 1. The summed E-state index contributed by atoms with van der Waals surface area (Å²) >= 11 is 0. The smallest absolute Gasteiger partial charge is 0.0391 e. The monoisotopic (exact) mass is 254 g/mol. The van der Waals surface area contributed by atoms with E-state index in [-0.39, 0.29) is 0 Å². The minimum absolute atomic E-state index is 0.540. The molecule has 1 fully saturated rings. The molecule has 3 rings (SSSR count). The third-order valence-electron chi connectivity index (χ3n) is 4.38. The van der Waals surface area contributed by atoms with Gasteiger partial charge in [-0.3, -0.25) is 4.90 Å². The van der Waals surface area contributed by atoms with E-state index >= 15 is 0 Å². The van der Waals surface area contributed by atoms with Crippen molar-refractivity contribution in [3.8, 4) is 0 Å². The van der Waals surface area contributed by atoms with Crippen molar-refractivity contribution in [3.63, 3.8) is 0 Å². The molecule has 0 aliphatic carbocycles. The van der Waals surface area contributed by atoms with E-state index in [0.29, 0.717) is 12.0 Å². The summed E-state index contributed by atoms with van der Waals surface area (Å²) in [6.45, 7) is 2.29. The highest BCUT2D eigenvalue weighted by Crippen LogP contribution is 2.38. The molecule has 1 heterocycles. The zero-order chi connectivity index (χ0) is 13.2. The molecule has 19 heavy (non-hydrogen) atoms. The highest BCUT2D eigenvalue weighted by Gasteiger charge is 2.33. The van der Waals surface area contributed by atoms with Gasteiger partial charge in [0.15, 0.2) is 0 Å². The number of nitrogens with zero attached hydrogens (tertiary/aromatic N) is 1. The van der Waals surface area contributed by atoms with Crippen LogP contribution in [0.25, 0.3) is 10.8 Å². The standard InChI is InChI=1S/C17H22N2/c1-18-12-14-10-11-19(2)17(14)16-9-5-7-13-6-3-4-8-15(13)16/h3-9,14,17-18H,10-12H2,1-2H3. The zero-order valence-corrected chi connectivity index (χ0v) is 11.8. The highest BCUT2D eigenvalue weighted by atomic mass is 15.2. The van der Waals surface area contributed by atoms with Gasteiger partial charge in [-0.15, -0.1) is 0 Å². The number of hydrogen-bond donors (Lipinski definition) is 1. The lowest BCUT2D eigenvalue weighted by atomic mass is 9.90. The third kappa shape index (κ3) is 2.26. The Kier molecular flexibility index (Phi) is 3.54. The molecular formula is C17H22N2. The van der Waals surface area contributed by atoms with Crippen molar-refractivity contribution >= 4 is 10.8 Å². The van der Waals surface area contributed by atoms with E-state index in [1.165, 1.54) is 29.3 Å². The van der Waals surface area contributed by atoms with Gasteiger partial charge in [0.05, 0.1) is 0 Å². The van der Waals surface area contributed by atoms with Crippen LogP contribution >= 0.6 is 0 Å². The normalized spacial score (nSPS) is 24.1. The first-order chi connectivity index (χ1) is 9.31. The van der Waals surface area contributed by atoms with Crippen molar-refractivity contribution in [2.75, 3.05) is 27.2 Å². The summed E-state index contributed by atoms with van der Waals surface area (Å²) in [5, 5.41) is 6.11. The Labute approximate surface area is 115 Å². The molecule has 1 saturated heterocycles. The fraction of sp³-hybridized carbons (Fsp3) is 0.412. The second-order valence-corrected chi connectivity index (χ2v) is 5.60. The van der Waals surface area contributed by atoms with Crippen LogP contribution in [0.1, 0.15) is 18.0 Å². The maximum absolute atomic E-state index is 3.35. The molecule has 2 aromatic carbocycles. The van der Waals surface area contributed by atoms with Crippen molar-refractivity contribution in [1.29, 1.82) is 0 Å². The topological polar surface area (TPSA) is 15.3 Å². The SMILES string of the molecule is CNCC1CCN(C)C1c1cccc2ccccc12. The number of likely N-dealkylation sites (tertiary alicyclic amines) is 1. The van der Waals surface area contributed by atoms with Gasteiger partial charge in [-0.25, -0.2) is 0 Å². The van der Waals surface area contributed by atoms with Gasteiger partial charge < -0.3 is 5.32 Å². The highest BCUT2D eigenvalue weighted by molar-refractivity contribution is 5.86. The Morgan fingerprint density at radius 3 is 2.79 bits per heavy atom. The largest absolute Gasteiger partial charge is 0.319 e. The van der Waals surface area contributed by atoms with E-state index in [9.17, 15) is 0 Å². The predicted molar refractivity (Wildman–Crippen MR) is 81.4 cm³/mol. The van der Waals surface area contributed by atoms with Crippen LogP contribution in [0.4, 0.5) is 0 Å². The maximum Gasteiger partial charge on any atom is 0.0391 e. The molecule has 2 heteroatoms. The van der Waals surface area contributed by atoms with Crippen molar-refractivity contribution in [3.05, 3.63) is 48.0 Å². The van der Waals surface area contributed by atoms with E-state index in [0.717, 1.165) is 6.54 Å². The van der Waals surface area contributed by atoms with E-state index in [1.807, 2.05) is 0 Å². The lowest BCUT2D eigenvalue weighted by molar-refractivity contribution is 0.276. The summed E-state index contributed by atoms with van der Waals surface area (Å²) in [6.07, 6.45) is 1.28. The summed E-state index contributed by atoms with van der Waals surface area (Å²) in [6, 6.07) is 16.0. The van der Waals surface area contributed by atoms with E-state index in [4.69, 9.17) is 0 Å². The number of benzene rings is 2. The maximum atomic E-state index is 3.35. The second kappa shape index (κ2) is 5.32. The molecule has 2 atom stereocenters. The van der Waals surface area contributed by atoms with Crippen molar-refractivity contribution < 1.29 is 0 Å².